The highest BCUT2D eigenvalue weighted by molar-refractivity contribution is 6.06. The number of nitrogens with zero attached hydrogens (tertiary/aromatic N) is 3. The number of amides is 3. The minimum atomic E-state index is -0.768. The van der Waals surface area contributed by atoms with Gasteiger partial charge in [-0.05, 0) is 37.1 Å². The summed E-state index contributed by atoms with van der Waals surface area (Å²) in [6, 6.07) is 6.88. The summed E-state index contributed by atoms with van der Waals surface area (Å²) in [7, 11) is 1.60. The van der Waals surface area contributed by atoms with Crippen LogP contribution in [0.4, 0.5) is 4.79 Å². The number of ether oxygens (including phenoxy) is 1. The molecule has 8 nitrogen and oxygen atoms in total. The van der Waals surface area contributed by atoms with Crippen LogP contribution >= 0.6 is 0 Å². The van der Waals surface area contributed by atoms with Crippen LogP contribution in [-0.4, -0.2) is 39.6 Å². The number of aromatic nitrogens is 2. The Morgan fingerprint density at radius 3 is 2.46 bits per heavy atom. The molecule has 1 aromatic heterocycles. The van der Waals surface area contributed by atoms with Crippen molar-refractivity contribution in [1.29, 1.82) is 0 Å². The average molecular weight is 384 g/mol. The van der Waals surface area contributed by atoms with Crippen molar-refractivity contribution < 1.29 is 18.8 Å². The molecular weight excluding hydrogens is 360 g/mol. The van der Waals surface area contributed by atoms with Gasteiger partial charge >= 0.3 is 6.03 Å². The topological polar surface area (TPSA) is 97.6 Å². The van der Waals surface area contributed by atoms with E-state index in [1.165, 1.54) is 11.3 Å². The summed E-state index contributed by atoms with van der Waals surface area (Å²) < 4.78 is 10.4. The zero-order chi connectivity index (χ0) is 19.6. The van der Waals surface area contributed by atoms with Crippen LogP contribution in [-0.2, 0) is 11.3 Å². The fraction of sp³-hybridized carbons (Fsp3) is 0.500. The number of benzene rings is 1. The molecule has 1 aliphatic carbocycles. The Kier molecular flexibility index (Phi) is 5.02. The normalized spacial score (nSPS) is 19.4. The van der Waals surface area contributed by atoms with Gasteiger partial charge in [0.05, 0.1) is 7.11 Å². The number of nitrogens with one attached hydrogen (secondary N) is 1. The molecule has 148 valence electrons. The van der Waals surface area contributed by atoms with Gasteiger partial charge < -0.3 is 14.6 Å². The van der Waals surface area contributed by atoms with Gasteiger partial charge in [-0.1, -0.05) is 37.3 Å². The number of rotatable bonds is 4. The van der Waals surface area contributed by atoms with Gasteiger partial charge in [-0.2, -0.15) is 4.98 Å². The van der Waals surface area contributed by atoms with Crippen LogP contribution in [0.2, 0.25) is 0 Å². The third kappa shape index (κ3) is 3.46. The predicted molar refractivity (Wildman–Crippen MR) is 100 cm³/mol. The number of carbonyl (C=O) groups is 2. The molecule has 1 saturated carbocycles. The highest BCUT2D eigenvalue weighted by Gasteiger charge is 2.50. The fourth-order valence-corrected chi connectivity index (χ4v) is 3.98. The zero-order valence-corrected chi connectivity index (χ0v) is 15.9. The van der Waals surface area contributed by atoms with Gasteiger partial charge in [0.25, 0.3) is 5.91 Å². The second kappa shape index (κ2) is 7.61. The number of carbonyl (C=O) groups excluding carboxylic acids is 2. The number of hydrogen-bond acceptors (Lipinski definition) is 6. The predicted octanol–water partition coefficient (Wildman–Crippen LogP) is 3.28. The van der Waals surface area contributed by atoms with Crippen LogP contribution in [0.1, 0.15) is 50.8 Å². The SMILES string of the molecule is COc1ccc(-c2noc(CN3C(=O)NC4(CCCCCCC4)C3=O)n2)cc1. The van der Waals surface area contributed by atoms with E-state index in [4.69, 9.17) is 9.26 Å². The number of imide groups is 1. The van der Waals surface area contributed by atoms with E-state index in [9.17, 15) is 9.59 Å². The summed E-state index contributed by atoms with van der Waals surface area (Å²) in [6.45, 7) is -0.0183. The molecule has 0 atom stereocenters. The van der Waals surface area contributed by atoms with Crippen LogP contribution in [0.5, 0.6) is 5.75 Å². The quantitative estimate of drug-likeness (QED) is 0.813. The monoisotopic (exact) mass is 384 g/mol. The lowest BCUT2D eigenvalue weighted by Gasteiger charge is -2.28. The number of methoxy groups -OCH3 is 1. The minimum Gasteiger partial charge on any atom is -0.497 e. The van der Waals surface area contributed by atoms with Crippen molar-refractivity contribution in [3.63, 3.8) is 0 Å². The van der Waals surface area contributed by atoms with Gasteiger partial charge in [0, 0.05) is 5.56 Å². The zero-order valence-electron chi connectivity index (χ0n) is 15.9. The standard InChI is InChI=1S/C20H24N4O4/c1-27-15-9-7-14(8-10-15)17-21-16(28-23-17)13-24-18(25)20(22-19(24)26)11-5-3-2-4-6-12-20/h7-10H,2-6,11-13H2,1H3,(H,22,26). The molecule has 1 N–H and O–H groups in total. The molecule has 2 aliphatic rings. The van der Waals surface area contributed by atoms with Gasteiger partial charge in [0.1, 0.15) is 17.8 Å². The third-order valence-electron chi connectivity index (χ3n) is 5.56. The maximum absolute atomic E-state index is 13.0. The van der Waals surface area contributed by atoms with Crippen LogP contribution in [0, 0.1) is 0 Å². The summed E-state index contributed by atoms with van der Waals surface area (Å²) in [4.78, 5) is 31.1. The Morgan fingerprint density at radius 1 is 1.11 bits per heavy atom. The van der Waals surface area contributed by atoms with E-state index < -0.39 is 5.54 Å². The molecule has 0 radical (unpaired) electrons. The van der Waals surface area contributed by atoms with Crippen LogP contribution in [0.25, 0.3) is 11.4 Å². The summed E-state index contributed by atoms with van der Waals surface area (Å²) in [6.07, 6.45) is 6.66. The van der Waals surface area contributed by atoms with E-state index >= 15 is 0 Å². The Hall–Kier alpha value is -2.90. The maximum atomic E-state index is 13.0. The molecule has 1 saturated heterocycles. The van der Waals surface area contributed by atoms with Crippen molar-refractivity contribution in [3.8, 4) is 17.1 Å². The second-order valence-corrected chi connectivity index (χ2v) is 7.41. The Labute approximate surface area is 163 Å². The van der Waals surface area contributed by atoms with Gasteiger partial charge in [-0.15, -0.1) is 0 Å². The molecule has 4 rings (SSSR count). The lowest BCUT2D eigenvalue weighted by molar-refractivity contribution is -0.132. The second-order valence-electron chi connectivity index (χ2n) is 7.41. The lowest BCUT2D eigenvalue weighted by atomic mass is 9.84. The molecular formula is C20H24N4O4. The highest BCUT2D eigenvalue weighted by atomic mass is 16.5. The first-order valence-corrected chi connectivity index (χ1v) is 9.72. The van der Waals surface area contributed by atoms with Crippen LogP contribution < -0.4 is 10.1 Å². The minimum absolute atomic E-state index is 0.0183. The van der Waals surface area contributed by atoms with Crippen LogP contribution in [0.15, 0.2) is 28.8 Å². The van der Waals surface area contributed by atoms with E-state index in [2.05, 4.69) is 15.5 Å². The van der Waals surface area contributed by atoms with Crippen LogP contribution in [0.3, 0.4) is 0 Å². The number of urea groups is 1. The van der Waals surface area contributed by atoms with Crippen molar-refractivity contribution in [2.45, 2.75) is 57.0 Å². The Morgan fingerprint density at radius 2 is 1.79 bits per heavy atom. The van der Waals surface area contributed by atoms with Crippen molar-refractivity contribution in [1.82, 2.24) is 20.4 Å². The molecule has 1 aromatic carbocycles. The van der Waals surface area contributed by atoms with E-state index in [0.29, 0.717) is 18.7 Å². The van der Waals surface area contributed by atoms with Crippen molar-refractivity contribution in [2.24, 2.45) is 0 Å². The first-order chi connectivity index (χ1) is 13.6. The molecule has 2 fully saturated rings. The first-order valence-electron chi connectivity index (χ1n) is 9.72. The smallest absolute Gasteiger partial charge is 0.325 e. The van der Waals surface area contributed by atoms with Gasteiger partial charge in [0.15, 0.2) is 0 Å². The van der Waals surface area contributed by atoms with E-state index in [-0.39, 0.29) is 24.4 Å². The molecule has 1 spiro atoms. The van der Waals surface area contributed by atoms with Gasteiger partial charge in [0.2, 0.25) is 11.7 Å². The largest absolute Gasteiger partial charge is 0.497 e. The van der Waals surface area contributed by atoms with Crippen molar-refractivity contribution in [2.75, 3.05) is 7.11 Å². The lowest BCUT2D eigenvalue weighted by Crippen LogP contribution is -2.47. The number of hydrogen-bond donors (Lipinski definition) is 1. The molecule has 8 heteroatoms. The summed E-state index contributed by atoms with van der Waals surface area (Å²) >= 11 is 0. The molecule has 3 amide bonds. The Balaban J connectivity index is 1.48. The van der Waals surface area contributed by atoms with Crippen molar-refractivity contribution >= 4 is 11.9 Å². The molecule has 2 heterocycles. The molecule has 2 aromatic rings. The van der Waals surface area contributed by atoms with E-state index in [0.717, 1.165) is 37.0 Å². The summed E-state index contributed by atoms with van der Waals surface area (Å²) in [5.74, 6) is 1.20. The first kappa shape index (κ1) is 18.5. The highest BCUT2D eigenvalue weighted by Crippen LogP contribution is 2.32. The molecule has 0 unspecified atom stereocenters. The summed E-state index contributed by atoms with van der Waals surface area (Å²) in [5.41, 5.74) is 0.000523. The third-order valence-corrected chi connectivity index (χ3v) is 5.56. The molecule has 0 bridgehead atoms. The fourth-order valence-electron chi connectivity index (χ4n) is 3.98. The van der Waals surface area contributed by atoms with E-state index in [1.54, 1.807) is 19.2 Å². The van der Waals surface area contributed by atoms with Gasteiger partial charge in [-0.25, -0.2) is 4.79 Å². The molecule has 28 heavy (non-hydrogen) atoms. The van der Waals surface area contributed by atoms with Gasteiger partial charge in [-0.3, -0.25) is 9.69 Å². The molecule has 1 aliphatic heterocycles. The Bertz CT molecular complexity index is 853. The van der Waals surface area contributed by atoms with E-state index in [1.807, 2.05) is 12.1 Å². The maximum Gasteiger partial charge on any atom is 0.325 e. The average Bonchev–Trinajstić information content (AvgIpc) is 3.24. The summed E-state index contributed by atoms with van der Waals surface area (Å²) in [5, 5.41) is 6.91. The van der Waals surface area contributed by atoms with Crippen molar-refractivity contribution in [3.05, 3.63) is 30.2 Å².